The number of fused-ring (bicyclic) bond motifs is 5. The molecule has 0 radical (unpaired) electrons. The van der Waals surface area contributed by atoms with Gasteiger partial charge in [0.15, 0.2) is 0 Å². The van der Waals surface area contributed by atoms with Crippen LogP contribution in [0.4, 0.5) is 0 Å². The fourth-order valence-corrected chi connectivity index (χ4v) is 10.3. The molecule has 4 aliphatic carbocycles. The van der Waals surface area contributed by atoms with Crippen molar-refractivity contribution in [3.05, 3.63) is 24.9 Å². The van der Waals surface area contributed by atoms with Crippen molar-refractivity contribution >= 4 is 0 Å². The summed E-state index contributed by atoms with van der Waals surface area (Å²) in [5.41, 5.74) is 2.65. The van der Waals surface area contributed by atoms with Crippen molar-refractivity contribution in [3.63, 3.8) is 0 Å². The number of hydrogen-bond donors (Lipinski definition) is 0. The van der Waals surface area contributed by atoms with Crippen LogP contribution in [0.5, 0.6) is 0 Å². The van der Waals surface area contributed by atoms with E-state index in [4.69, 9.17) is 0 Å². The Bertz CT molecular complexity index is 718. The number of rotatable bonds is 6. The molecule has 5 rings (SSSR count). The lowest BCUT2D eigenvalue weighted by Crippen LogP contribution is -2.55. The van der Waals surface area contributed by atoms with E-state index in [2.05, 4.69) is 51.8 Å². The Hall–Kier alpha value is -0.720. The number of nitrogens with zero attached hydrogens (tertiary/aromatic N) is 1. The maximum Gasteiger partial charge on any atom is 0.0254 e. The highest BCUT2D eigenvalue weighted by molar-refractivity contribution is 5.11. The van der Waals surface area contributed by atoms with Crippen LogP contribution in [0.25, 0.3) is 0 Å². The van der Waals surface area contributed by atoms with Crippen molar-refractivity contribution in [1.29, 1.82) is 0 Å². The van der Waals surface area contributed by atoms with Crippen LogP contribution in [0.3, 0.4) is 0 Å². The molecule has 194 valence electrons. The van der Waals surface area contributed by atoms with Crippen molar-refractivity contribution < 1.29 is 0 Å². The fraction of sp³-hybridized carbons (Fsp3) is 0.879. The minimum atomic E-state index is 0.596. The average molecular weight is 468 g/mol. The summed E-state index contributed by atoms with van der Waals surface area (Å²) in [4.78, 5) is 2.49. The average Bonchev–Trinajstić information content (AvgIpc) is 3.15. The second-order valence-corrected chi connectivity index (χ2v) is 13.7. The monoisotopic (exact) mass is 467 g/mol. The van der Waals surface area contributed by atoms with E-state index < -0.39 is 0 Å². The molecule has 0 bridgehead atoms. The molecule has 4 saturated carbocycles. The van der Waals surface area contributed by atoms with Gasteiger partial charge in [-0.1, -0.05) is 67.0 Å². The molecule has 5 fully saturated rings. The molecule has 34 heavy (non-hydrogen) atoms. The Morgan fingerprint density at radius 3 is 2.41 bits per heavy atom. The predicted octanol–water partition coefficient (Wildman–Crippen LogP) is 9.36. The third-order valence-electron chi connectivity index (χ3n) is 12.3. The van der Waals surface area contributed by atoms with Crippen molar-refractivity contribution in [1.82, 2.24) is 4.90 Å². The second kappa shape index (κ2) is 10.3. The Kier molecular flexibility index (Phi) is 8.01. The van der Waals surface area contributed by atoms with Crippen LogP contribution in [-0.4, -0.2) is 18.0 Å². The second-order valence-electron chi connectivity index (χ2n) is 13.7. The largest absolute Gasteiger partial charge is 0.374 e. The fourth-order valence-electron chi connectivity index (χ4n) is 10.3. The van der Waals surface area contributed by atoms with Gasteiger partial charge in [-0.2, -0.15) is 0 Å². The summed E-state index contributed by atoms with van der Waals surface area (Å²) < 4.78 is 0. The minimum absolute atomic E-state index is 0.596. The van der Waals surface area contributed by atoms with Gasteiger partial charge in [0.05, 0.1) is 0 Å². The lowest BCUT2D eigenvalue weighted by atomic mass is 9.42. The summed E-state index contributed by atoms with van der Waals surface area (Å²) in [6, 6.07) is 0. The van der Waals surface area contributed by atoms with Crippen molar-refractivity contribution in [2.45, 2.75) is 112 Å². The van der Waals surface area contributed by atoms with Crippen LogP contribution in [0, 0.1) is 58.2 Å². The van der Waals surface area contributed by atoms with Gasteiger partial charge in [0, 0.05) is 24.7 Å². The predicted molar refractivity (Wildman–Crippen MR) is 149 cm³/mol. The Morgan fingerprint density at radius 2 is 1.71 bits per heavy atom. The SMILES string of the molecule is C=CC1CN(C(=C)CCC(C)C2CCC3C4C(C)CC5CCCCC5(C)C4CCC23C)C1.CC. The molecule has 0 aromatic rings. The highest BCUT2D eigenvalue weighted by atomic mass is 15.2. The Balaban J connectivity index is 0.00000133. The third-order valence-corrected chi connectivity index (χ3v) is 12.3. The van der Waals surface area contributed by atoms with E-state index in [-0.39, 0.29) is 0 Å². The van der Waals surface area contributed by atoms with Crippen molar-refractivity contribution in [3.8, 4) is 0 Å². The molecule has 1 saturated heterocycles. The lowest BCUT2D eigenvalue weighted by Gasteiger charge is -2.62. The third kappa shape index (κ3) is 4.34. The molecule has 1 nitrogen and oxygen atoms in total. The Morgan fingerprint density at radius 1 is 1.00 bits per heavy atom. The van der Waals surface area contributed by atoms with Crippen LogP contribution in [-0.2, 0) is 0 Å². The summed E-state index contributed by atoms with van der Waals surface area (Å²) in [7, 11) is 0. The van der Waals surface area contributed by atoms with Gasteiger partial charge in [0.2, 0.25) is 0 Å². The normalized spacial score (nSPS) is 44.5. The molecule has 0 aromatic heterocycles. The van der Waals surface area contributed by atoms with Crippen molar-refractivity contribution in [2.24, 2.45) is 58.2 Å². The molecule has 0 aromatic carbocycles. The smallest absolute Gasteiger partial charge is 0.0254 e. The van der Waals surface area contributed by atoms with Crippen molar-refractivity contribution in [2.75, 3.05) is 13.1 Å². The van der Waals surface area contributed by atoms with Crippen LogP contribution < -0.4 is 0 Å². The van der Waals surface area contributed by atoms with Crippen LogP contribution in [0.1, 0.15) is 112 Å². The first-order valence-electron chi connectivity index (χ1n) is 15.3. The first-order valence-corrected chi connectivity index (χ1v) is 15.3. The zero-order chi connectivity index (χ0) is 24.7. The lowest BCUT2D eigenvalue weighted by molar-refractivity contribution is -0.137. The molecule has 5 aliphatic rings. The quantitative estimate of drug-likeness (QED) is 0.352. The summed E-state index contributed by atoms with van der Waals surface area (Å²) in [6.45, 7) is 25.4. The molecule has 0 spiro atoms. The zero-order valence-electron chi connectivity index (χ0n) is 23.7. The highest BCUT2D eigenvalue weighted by Crippen LogP contribution is 2.69. The Labute approximate surface area is 213 Å². The summed E-state index contributed by atoms with van der Waals surface area (Å²) in [6.07, 6.45) is 18.3. The van der Waals surface area contributed by atoms with Crippen LogP contribution >= 0.6 is 0 Å². The van der Waals surface area contributed by atoms with Gasteiger partial charge in [0.1, 0.15) is 0 Å². The first-order chi connectivity index (χ1) is 16.3. The molecular weight excluding hydrogens is 410 g/mol. The van der Waals surface area contributed by atoms with E-state index in [1.165, 1.54) is 76.3 Å². The van der Waals surface area contributed by atoms with E-state index in [1.807, 2.05) is 13.8 Å². The maximum atomic E-state index is 4.44. The van der Waals surface area contributed by atoms with Gasteiger partial charge in [-0.15, -0.1) is 6.58 Å². The standard InChI is InChI=1S/C31H51N.C2H6/c1-7-24-19-32(20-24)23(4)12-11-21(2)26-13-14-27-29-22(3)18-25-10-8-9-16-30(25,5)28(29)15-17-31(26,27)6;1-2/h7,21-22,24-29H,1,4,8-20H2,2-3,5-6H3;1-2H3. The van der Waals surface area contributed by atoms with Gasteiger partial charge in [-0.3, -0.25) is 0 Å². The summed E-state index contributed by atoms with van der Waals surface area (Å²) in [5.74, 6) is 7.48. The molecule has 9 atom stereocenters. The van der Waals surface area contributed by atoms with Crippen LogP contribution in [0.2, 0.25) is 0 Å². The molecule has 1 heterocycles. The van der Waals surface area contributed by atoms with Gasteiger partial charge in [-0.05, 0) is 110 Å². The van der Waals surface area contributed by atoms with Gasteiger partial charge >= 0.3 is 0 Å². The summed E-state index contributed by atoms with van der Waals surface area (Å²) in [5, 5.41) is 0. The van der Waals surface area contributed by atoms with E-state index in [0.29, 0.717) is 16.7 Å². The highest BCUT2D eigenvalue weighted by Gasteiger charge is 2.61. The molecule has 0 amide bonds. The molecule has 0 N–H and O–H groups in total. The van der Waals surface area contributed by atoms with E-state index >= 15 is 0 Å². The molecule has 1 aliphatic heterocycles. The van der Waals surface area contributed by atoms with Gasteiger partial charge < -0.3 is 4.90 Å². The summed E-state index contributed by atoms with van der Waals surface area (Å²) >= 11 is 0. The number of allylic oxidation sites excluding steroid dienone is 1. The van der Waals surface area contributed by atoms with Gasteiger partial charge in [0.25, 0.3) is 0 Å². The van der Waals surface area contributed by atoms with Crippen LogP contribution in [0.15, 0.2) is 24.9 Å². The van der Waals surface area contributed by atoms with E-state index in [0.717, 1.165) is 54.5 Å². The van der Waals surface area contributed by atoms with E-state index in [9.17, 15) is 0 Å². The topological polar surface area (TPSA) is 3.24 Å². The molecule has 1 heteroatoms. The maximum absolute atomic E-state index is 4.44. The number of hydrogen-bond acceptors (Lipinski definition) is 1. The van der Waals surface area contributed by atoms with E-state index in [1.54, 1.807) is 0 Å². The minimum Gasteiger partial charge on any atom is -0.374 e. The zero-order valence-corrected chi connectivity index (χ0v) is 23.7. The molecule has 9 unspecified atom stereocenters. The number of likely N-dealkylation sites (tertiary alicyclic amines) is 1. The molecular formula is C33H57N. The first kappa shape index (κ1) is 26.3. The van der Waals surface area contributed by atoms with Gasteiger partial charge in [-0.25, -0.2) is 0 Å².